The Kier molecular flexibility index (Phi) is 19.1. The number of hydrogen-bond donors (Lipinski definition) is 7. The van der Waals surface area contributed by atoms with Gasteiger partial charge in [0.2, 0.25) is 29.6 Å². The fraction of sp³-hybridized carbons (Fsp3) is 0.643. The average molecular weight is 828 g/mol. The minimum Gasteiger partial charge on any atom is -0.467 e. The Morgan fingerprint density at radius 3 is 2.03 bits per heavy atom. The van der Waals surface area contributed by atoms with Crippen LogP contribution < -0.4 is 21.3 Å². The normalized spacial score (nSPS) is 19.1. The second kappa shape index (κ2) is 23.2. The van der Waals surface area contributed by atoms with Crippen LogP contribution >= 0.6 is 0 Å². The van der Waals surface area contributed by atoms with E-state index in [0.29, 0.717) is 49.2 Å². The van der Waals surface area contributed by atoms with Crippen molar-refractivity contribution in [1.29, 1.82) is 0 Å². The van der Waals surface area contributed by atoms with Gasteiger partial charge in [0.15, 0.2) is 6.04 Å². The third-order valence-corrected chi connectivity index (χ3v) is 11.4. The number of ether oxygens (including phenoxy) is 2. The molecule has 7 N–H and O–H groups in total. The number of carbonyl (C=O) groups excluding carboxylic acids is 5. The molecule has 17 heteroatoms. The Bertz CT molecular complexity index is 1680. The summed E-state index contributed by atoms with van der Waals surface area (Å²) in [5.74, 6) is -4.43. The Morgan fingerprint density at radius 2 is 1.47 bits per heavy atom. The topological polar surface area (TPSA) is 242 Å². The van der Waals surface area contributed by atoms with Crippen molar-refractivity contribution in [3.05, 3.63) is 53.3 Å². The van der Waals surface area contributed by atoms with Gasteiger partial charge in [0.25, 0.3) is 0 Å². The maximum Gasteiger partial charge on any atom is 0.331 e. The van der Waals surface area contributed by atoms with Crippen molar-refractivity contribution in [2.75, 3.05) is 32.7 Å². The van der Waals surface area contributed by atoms with Crippen molar-refractivity contribution in [2.45, 2.75) is 129 Å². The van der Waals surface area contributed by atoms with Crippen molar-refractivity contribution in [2.24, 2.45) is 17.8 Å². The van der Waals surface area contributed by atoms with Crippen LogP contribution in [-0.4, -0.2) is 130 Å². The lowest BCUT2D eigenvalue weighted by Gasteiger charge is -2.36. The van der Waals surface area contributed by atoms with Crippen molar-refractivity contribution in [3.8, 4) is 0 Å². The Hall–Kier alpha value is -4.71. The number of carbonyl (C=O) groups is 5. The molecular formula is C42H65N7O10. The van der Waals surface area contributed by atoms with Crippen LogP contribution in [0.25, 0.3) is 0 Å². The number of likely N-dealkylation sites (tertiary alicyclic amines) is 1. The largest absolute Gasteiger partial charge is 0.467 e. The predicted octanol–water partition coefficient (Wildman–Crippen LogP) is 1.71. The van der Waals surface area contributed by atoms with E-state index in [-0.39, 0.29) is 30.1 Å². The van der Waals surface area contributed by atoms with Gasteiger partial charge < -0.3 is 51.0 Å². The molecule has 2 aromatic rings. The van der Waals surface area contributed by atoms with Gasteiger partial charge in [-0.25, -0.2) is 14.8 Å². The highest BCUT2D eigenvalue weighted by molar-refractivity contribution is 5.91. The minimum atomic E-state index is -1.44. The monoisotopic (exact) mass is 827 g/mol. The van der Waals surface area contributed by atoms with Gasteiger partial charge in [0.05, 0.1) is 50.3 Å². The van der Waals surface area contributed by atoms with Crippen molar-refractivity contribution < 1.29 is 48.8 Å². The van der Waals surface area contributed by atoms with Crippen LogP contribution in [-0.2, 0) is 33.4 Å². The number of amides is 4. The van der Waals surface area contributed by atoms with E-state index >= 15 is 0 Å². The minimum absolute atomic E-state index is 0.157. The molecule has 1 aliphatic rings. The summed E-state index contributed by atoms with van der Waals surface area (Å²) in [5.41, 5.74) is 1.74. The van der Waals surface area contributed by atoms with E-state index in [4.69, 9.17) is 9.47 Å². The molecule has 3 rings (SSSR count). The summed E-state index contributed by atoms with van der Waals surface area (Å²) in [7, 11) is 2.59. The number of nitrogens with one attached hydrogen (secondary N) is 4. The van der Waals surface area contributed by atoms with E-state index in [1.165, 1.54) is 18.9 Å². The van der Waals surface area contributed by atoms with Gasteiger partial charge in [-0.3, -0.25) is 19.2 Å². The van der Waals surface area contributed by atoms with Crippen molar-refractivity contribution in [3.63, 3.8) is 0 Å². The van der Waals surface area contributed by atoms with Crippen molar-refractivity contribution in [1.82, 2.24) is 30.8 Å². The quantitative estimate of drug-likeness (QED) is 0.0838. The number of rotatable bonds is 22. The van der Waals surface area contributed by atoms with Crippen LogP contribution in [0.3, 0.4) is 0 Å². The number of aliphatic hydroxyl groups is 3. The summed E-state index contributed by atoms with van der Waals surface area (Å²) in [6, 6.07) is 5.11. The second-order valence-corrected chi connectivity index (χ2v) is 15.6. The van der Waals surface area contributed by atoms with E-state index in [9.17, 15) is 39.3 Å². The molecule has 59 heavy (non-hydrogen) atoms. The van der Waals surface area contributed by atoms with Gasteiger partial charge in [-0.05, 0) is 50.2 Å². The summed E-state index contributed by atoms with van der Waals surface area (Å²) in [5, 5.41) is 43.8. The molecule has 0 saturated carbocycles. The first kappa shape index (κ1) is 48.7. The molecule has 1 fully saturated rings. The van der Waals surface area contributed by atoms with Gasteiger partial charge in [0, 0.05) is 25.0 Å². The molecular weight excluding hydrogens is 763 g/mol. The third kappa shape index (κ3) is 13.1. The molecule has 1 aliphatic heterocycles. The summed E-state index contributed by atoms with van der Waals surface area (Å²) in [6.45, 7) is 12.4. The lowest BCUT2D eigenvalue weighted by Crippen LogP contribution is -2.59. The average Bonchev–Trinajstić information content (AvgIpc) is 3.73. The highest BCUT2D eigenvalue weighted by atomic mass is 16.5. The molecule has 11 atom stereocenters. The molecule has 328 valence electrons. The molecule has 0 radical (unpaired) electrons. The molecule has 2 heterocycles. The maximum atomic E-state index is 14.1. The molecule has 17 nitrogen and oxygen atoms in total. The zero-order valence-corrected chi connectivity index (χ0v) is 35.8. The van der Waals surface area contributed by atoms with E-state index in [0.717, 1.165) is 7.11 Å². The SMILES string of the molecule is CC[C@H](C)[C@H](NC(=O)[C@@H](NC(=O)[C@H](CO)Nc1nc(C)cc(C)n1)[C@@H](C)CC)[C@@H](CC(=O)N1CCC[C@H]1[C@H](O)[C@@H](C)C(=O)N[C@H](C(=O)OC)C(O)c1ccccc1)OC. The zero-order valence-electron chi connectivity index (χ0n) is 35.8. The number of methoxy groups -OCH3 is 2. The Morgan fingerprint density at radius 1 is 0.864 bits per heavy atom. The van der Waals surface area contributed by atoms with Gasteiger partial charge in [-0.15, -0.1) is 0 Å². The molecule has 1 unspecified atom stereocenters. The number of aliphatic hydroxyl groups excluding tert-OH is 3. The van der Waals surface area contributed by atoms with Crippen LogP contribution in [0.15, 0.2) is 36.4 Å². The molecule has 0 bridgehead atoms. The number of nitrogens with zero attached hydrogens (tertiary/aromatic N) is 3. The highest BCUT2D eigenvalue weighted by Crippen LogP contribution is 2.28. The predicted molar refractivity (Wildman–Crippen MR) is 219 cm³/mol. The Balaban J connectivity index is 1.74. The van der Waals surface area contributed by atoms with Crippen LogP contribution in [0.4, 0.5) is 5.95 Å². The van der Waals surface area contributed by atoms with Gasteiger partial charge in [0.1, 0.15) is 18.2 Å². The van der Waals surface area contributed by atoms with E-state index in [2.05, 4.69) is 31.2 Å². The molecule has 1 saturated heterocycles. The molecule has 1 aromatic heterocycles. The van der Waals surface area contributed by atoms with Crippen LogP contribution in [0.1, 0.15) is 89.8 Å². The first-order chi connectivity index (χ1) is 28.0. The summed E-state index contributed by atoms with van der Waals surface area (Å²) < 4.78 is 10.7. The standard InChI is InChI=1S/C42H65N7O10/c1-10-23(3)33(46-40(56)34(24(4)11-2)47-39(55)29(22-50)45-42-43-25(5)20-26(6)44-42)31(58-8)21-32(51)49-19-15-18-30(49)36(52)27(7)38(54)48-35(41(57)59-9)37(53)28-16-13-12-14-17-28/h12-14,16-17,20,23-24,27,29-31,33-37,50,52-53H,10-11,15,18-19,21-22H2,1-9H3,(H,46,56)(H,47,55)(H,48,54)(H,43,44,45)/t23-,24-,27+,29-,30-,31+,33-,34-,35-,36+,37?/m0/s1. The first-order valence-corrected chi connectivity index (χ1v) is 20.4. The number of aromatic nitrogens is 2. The fourth-order valence-electron chi connectivity index (χ4n) is 7.32. The number of hydrogen-bond acceptors (Lipinski definition) is 13. The second-order valence-electron chi connectivity index (χ2n) is 15.6. The van der Waals surface area contributed by atoms with Crippen LogP contribution in [0.5, 0.6) is 0 Å². The number of aryl methyl sites for hydroxylation is 2. The van der Waals surface area contributed by atoms with E-state index < -0.39 is 84.7 Å². The Labute approximate surface area is 347 Å². The molecule has 0 aliphatic carbocycles. The number of anilines is 1. The molecule has 1 aromatic carbocycles. The van der Waals surface area contributed by atoms with Crippen LogP contribution in [0.2, 0.25) is 0 Å². The van der Waals surface area contributed by atoms with Gasteiger partial charge >= 0.3 is 5.97 Å². The maximum absolute atomic E-state index is 14.1. The lowest BCUT2D eigenvalue weighted by atomic mass is 9.90. The van der Waals surface area contributed by atoms with Crippen LogP contribution in [0, 0.1) is 31.6 Å². The third-order valence-electron chi connectivity index (χ3n) is 11.4. The molecule has 4 amide bonds. The number of benzene rings is 1. The zero-order chi connectivity index (χ0) is 44.0. The van der Waals surface area contributed by atoms with Crippen molar-refractivity contribution >= 4 is 35.5 Å². The highest BCUT2D eigenvalue weighted by Gasteiger charge is 2.42. The first-order valence-electron chi connectivity index (χ1n) is 20.4. The summed E-state index contributed by atoms with van der Waals surface area (Å²) in [6.07, 6.45) is -1.55. The fourth-order valence-corrected chi connectivity index (χ4v) is 7.32. The van der Waals surface area contributed by atoms with Gasteiger partial charge in [-0.1, -0.05) is 77.8 Å². The van der Waals surface area contributed by atoms with E-state index in [1.807, 2.05) is 27.7 Å². The summed E-state index contributed by atoms with van der Waals surface area (Å²) >= 11 is 0. The van der Waals surface area contributed by atoms with E-state index in [1.54, 1.807) is 50.2 Å². The summed E-state index contributed by atoms with van der Waals surface area (Å²) in [4.78, 5) is 77.8. The smallest absolute Gasteiger partial charge is 0.331 e. The lowest BCUT2D eigenvalue weighted by molar-refractivity contribution is -0.150. The molecule has 0 spiro atoms. The van der Waals surface area contributed by atoms with Gasteiger partial charge in [-0.2, -0.15) is 0 Å². The number of esters is 1.